The van der Waals surface area contributed by atoms with E-state index in [2.05, 4.69) is 4.72 Å². The van der Waals surface area contributed by atoms with E-state index in [4.69, 9.17) is 23.2 Å². The molecule has 8 heteroatoms. The Kier molecular flexibility index (Phi) is 7.84. The van der Waals surface area contributed by atoms with Crippen LogP contribution in [0.2, 0.25) is 10.0 Å². The predicted octanol–water partition coefficient (Wildman–Crippen LogP) is 5.86. The summed E-state index contributed by atoms with van der Waals surface area (Å²) in [7, 11) is 0. The number of nitrogens with zero attached hydrogens (tertiary/aromatic N) is 1. The van der Waals surface area contributed by atoms with E-state index in [0.29, 0.717) is 21.2 Å². The van der Waals surface area contributed by atoms with Crippen molar-refractivity contribution in [3.63, 3.8) is 0 Å². The molecule has 0 fully saturated rings. The summed E-state index contributed by atoms with van der Waals surface area (Å²) < 4.78 is 3.37. The minimum absolute atomic E-state index is 0.180. The molecule has 1 aliphatic heterocycles. The fraction of sp³-hybridized carbons (Fsp3) is 0.231. The van der Waals surface area contributed by atoms with Crippen molar-refractivity contribution < 1.29 is 14.7 Å². The van der Waals surface area contributed by atoms with Gasteiger partial charge in [0.1, 0.15) is 5.92 Å². The van der Waals surface area contributed by atoms with Crippen LogP contribution in [0.4, 0.5) is 0 Å². The van der Waals surface area contributed by atoms with Crippen molar-refractivity contribution in [2.75, 3.05) is 12.8 Å². The number of amides is 1. The van der Waals surface area contributed by atoms with E-state index in [1.807, 2.05) is 36.6 Å². The predicted molar refractivity (Wildman–Crippen MR) is 138 cm³/mol. The lowest BCUT2D eigenvalue weighted by Gasteiger charge is -2.38. The van der Waals surface area contributed by atoms with Gasteiger partial charge in [-0.15, -0.1) is 0 Å². The van der Waals surface area contributed by atoms with Crippen molar-refractivity contribution in [1.82, 2.24) is 9.62 Å². The second kappa shape index (κ2) is 10.8. The molecule has 1 amide bonds. The number of aliphatic carboxylic acids is 1. The number of allylic oxidation sites excluding steroid dienone is 3. The molecule has 1 heterocycles. The van der Waals surface area contributed by atoms with Crippen LogP contribution in [0.1, 0.15) is 23.2 Å². The van der Waals surface area contributed by atoms with E-state index < -0.39 is 23.8 Å². The number of carboxylic acid groups (broad SMARTS) is 1. The van der Waals surface area contributed by atoms with Crippen molar-refractivity contribution in [3.8, 4) is 0 Å². The first kappa shape index (κ1) is 24.6. The smallest absolute Gasteiger partial charge is 0.313 e. The van der Waals surface area contributed by atoms with Crippen LogP contribution in [0.25, 0.3) is 0 Å². The van der Waals surface area contributed by atoms with Gasteiger partial charge >= 0.3 is 5.97 Å². The first-order valence-electron chi connectivity index (χ1n) is 10.8. The van der Waals surface area contributed by atoms with E-state index in [1.165, 1.54) is 11.9 Å². The number of fused-ring (bicyclic) bond motifs is 1. The molecule has 0 spiro atoms. The molecule has 2 N–H and O–H groups in total. The molecule has 2 aliphatic rings. The fourth-order valence-electron chi connectivity index (χ4n) is 4.53. The number of carbonyl (C=O) groups is 2. The molecule has 2 aromatic carbocycles. The zero-order valence-corrected chi connectivity index (χ0v) is 20.7. The molecule has 2 aromatic rings. The van der Waals surface area contributed by atoms with Crippen molar-refractivity contribution in [2.45, 2.75) is 12.1 Å². The van der Waals surface area contributed by atoms with Crippen LogP contribution in [0.15, 0.2) is 84.5 Å². The zero-order valence-electron chi connectivity index (χ0n) is 18.4. The number of hydrogen-bond acceptors (Lipinski definition) is 4. The maximum absolute atomic E-state index is 13.9. The summed E-state index contributed by atoms with van der Waals surface area (Å²) in [6, 6.07) is 13.7. The van der Waals surface area contributed by atoms with Crippen LogP contribution in [-0.4, -0.2) is 34.7 Å². The molecule has 176 valence electrons. The van der Waals surface area contributed by atoms with Gasteiger partial charge in [0.15, 0.2) is 0 Å². The monoisotopic (exact) mass is 514 g/mol. The van der Waals surface area contributed by atoms with E-state index in [-0.39, 0.29) is 18.5 Å². The standard InChI is InChI=1S/C26H24Cl2N2O3S/c1-34-29-22(16-7-3-2-4-8-16)15-30-24(20-12-11-19(27)14-21(20)28)23(26(32)33)17-9-5-6-10-18(13-17)25(30)31/h2-14,18,22-24,29H,15H2,1H3,(H,32,33). The minimum Gasteiger partial charge on any atom is -0.481 e. The maximum Gasteiger partial charge on any atom is 0.313 e. The van der Waals surface area contributed by atoms with Crippen molar-refractivity contribution in [1.29, 1.82) is 0 Å². The maximum atomic E-state index is 13.9. The van der Waals surface area contributed by atoms with Crippen molar-refractivity contribution in [3.05, 3.63) is 106 Å². The molecule has 34 heavy (non-hydrogen) atoms. The van der Waals surface area contributed by atoms with Gasteiger partial charge in [-0.3, -0.25) is 14.3 Å². The van der Waals surface area contributed by atoms with Gasteiger partial charge in [0.05, 0.1) is 18.0 Å². The Morgan fingerprint density at radius 3 is 2.62 bits per heavy atom. The van der Waals surface area contributed by atoms with Crippen molar-refractivity contribution >= 4 is 47.0 Å². The van der Waals surface area contributed by atoms with Gasteiger partial charge < -0.3 is 10.0 Å². The summed E-state index contributed by atoms with van der Waals surface area (Å²) in [5.74, 6) is -2.79. The van der Waals surface area contributed by atoms with Gasteiger partial charge in [-0.2, -0.15) is 0 Å². The molecule has 5 nitrogen and oxygen atoms in total. The number of carboxylic acids is 1. The molecule has 0 radical (unpaired) electrons. The number of benzene rings is 2. The van der Waals surface area contributed by atoms with Crippen LogP contribution in [0, 0.1) is 11.8 Å². The molecule has 2 bridgehead atoms. The Morgan fingerprint density at radius 1 is 1.18 bits per heavy atom. The SMILES string of the molecule is CSNC(CN1C(=O)C2C=CC=CC(=C2)C(C(=O)O)C1c1ccc(Cl)cc1Cl)c1ccccc1. The molecule has 0 saturated carbocycles. The van der Waals surface area contributed by atoms with Crippen LogP contribution in [-0.2, 0) is 9.59 Å². The molecule has 1 aliphatic carbocycles. The second-order valence-electron chi connectivity index (χ2n) is 8.14. The van der Waals surface area contributed by atoms with Crippen LogP contribution < -0.4 is 4.72 Å². The molecule has 4 rings (SSSR count). The van der Waals surface area contributed by atoms with Gasteiger partial charge in [0.2, 0.25) is 5.91 Å². The van der Waals surface area contributed by atoms with Gasteiger partial charge in [-0.25, -0.2) is 0 Å². The topological polar surface area (TPSA) is 69.6 Å². The first-order valence-corrected chi connectivity index (χ1v) is 12.8. The van der Waals surface area contributed by atoms with Gasteiger partial charge in [-0.05, 0) is 35.1 Å². The van der Waals surface area contributed by atoms with Crippen LogP contribution >= 0.6 is 35.1 Å². The number of nitrogens with one attached hydrogen (secondary N) is 1. The number of rotatable bonds is 7. The third-order valence-corrected chi connectivity index (χ3v) is 7.14. The molecule has 0 saturated heterocycles. The number of halogens is 2. The Balaban J connectivity index is 1.88. The summed E-state index contributed by atoms with van der Waals surface area (Å²) >= 11 is 14.2. The minimum atomic E-state index is -1.03. The first-order chi connectivity index (χ1) is 16.4. The van der Waals surface area contributed by atoms with E-state index in [1.54, 1.807) is 53.5 Å². The lowest BCUT2D eigenvalue weighted by atomic mass is 9.85. The third kappa shape index (κ3) is 5.10. The Bertz CT molecular complexity index is 1170. The quantitative estimate of drug-likeness (QED) is 0.453. The Labute approximate surface area is 213 Å². The number of hydrogen-bond donors (Lipinski definition) is 2. The summed E-state index contributed by atoms with van der Waals surface area (Å²) in [6.07, 6.45) is 10.8. The highest BCUT2D eigenvalue weighted by molar-refractivity contribution is 7.96. The third-order valence-electron chi connectivity index (χ3n) is 6.06. The average Bonchev–Trinajstić information content (AvgIpc) is 3.12. The summed E-state index contributed by atoms with van der Waals surface area (Å²) in [5, 5.41) is 11.1. The summed E-state index contributed by atoms with van der Waals surface area (Å²) in [4.78, 5) is 28.3. The molecular formula is C26H24Cl2N2O3S. The lowest BCUT2D eigenvalue weighted by Crippen LogP contribution is -2.45. The summed E-state index contributed by atoms with van der Waals surface area (Å²) in [5.41, 5.74) is 2.12. The fourth-order valence-corrected chi connectivity index (χ4v) is 5.54. The molecule has 4 atom stereocenters. The zero-order chi connectivity index (χ0) is 24.2. The highest BCUT2D eigenvalue weighted by atomic mass is 35.5. The largest absolute Gasteiger partial charge is 0.481 e. The van der Waals surface area contributed by atoms with Crippen LogP contribution in [0.5, 0.6) is 0 Å². The van der Waals surface area contributed by atoms with E-state index in [0.717, 1.165) is 5.56 Å². The van der Waals surface area contributed by atoms with E-state index >= 15 is 0 Å². The molecule has 4 unspecified atom stereocenters. The summed E-state index contributed by atoms with van der Waals surface area (Å²) in [6.45, 7) is 0.256. The van der Waals surface area contributed by atoms with E-state index in [9.17, 15) is 14.7 Å². The van der Waals surface area contributed by atoms with Gasteiger partial charge in [0, 0.05) is 16.6 Å². The Morgan fingerprint density at radius 2 is 1.94 bits per heavy atom. The second-order valence-corrected chi connectivity index (χ2v) is 9.63. The number of carbonyl (C=O) groups excluding carboxylic acids is 1. The van der Waals surface area contributed by atoms with Gasteiger partial charge in [0.25, 0.3) is 0 Å². The highest BCUT2D eigenvalue weighted by Gasteiger charge is 2.44. The normalized spacial score (nSPS) is 22.7. The molecular weight excluding hydrogens is 491 g/mol. The van der Waals surface area contributed by atoms with Gasteiger partial charge in [-0.1, -0.05) is 102 Å². The Hall–Kier alpha value is -2.51. The molecule has 0 aromatic heterocycles. The average molecular weight is 515 g/mol. The van der Waals surface area contributed by atoms with Crippen LogP contribution in [0.3, 0.4) is 0 Å². The lowest BCUT2D eigenvalue weighted by molar-refractivity contribution is -0.145. The van der Waals surface area contributed by atoms with Crippen molar-refractivity contribution in [2.24, 2.45) is 11.8 Å². The highest BCUT2D eigenvalue weighted by Crippen LogP contribution is 2.43.